The molecule has 1 amide bonds. The molecule has 86 valence electrons. The van der Waals surface area contributed by atoms with Gasteiger partial charge in [-0.25, -0.2) is 0 Å². The summed E-state index contributed by atoms with van der Waals surface area (Å²) in [5.74, 6) is 1.19. The first-order valence-corrected chi connectivity index (χ1v) is 6.39. The van der Waals surface area contributed by atoms with Crippen LogP contribution in [0, 0.1) is 0 Å². The summed E-state index contributed by atoms with van der Waals surface area (Å²) in [5.41, 5.74) is 2.23. The first kappa shape index (κ1) is 10.4. The van der Waals surface area contributed by atoms with Gasteiger partial charge in [0.05, 0.1) is 17.2 Å². The van der Waals surface area contributed by atoms with Crippen LogP contribution in [0.15, 0.2) is 36.5 Å². The minimum Gasteiger partial charge on any atom is -0.310 e. The molecule has 3 rings (SSSR count). The summed E-state index contributed by atoms with van der Waals surface area (Å²) in [6.07, 6.45) is 1.78. The van der Waals surface area contributed by atoms with E-state index in [0.29, 0.717) is 11.6 Å². The Labute approximate surface area is 103 Å². The molecule has 1 aromatic carbocycles. The molecule has 0 unspecified atom stereocenters. The summed E-state index contributed by atoms with van der Waals surface area (Å²) >= 11 is 1.62. The Hall–Kier alpha value is -1.75. The maximum absolute atomic E-state index is 11.5. The van der Waals surface area contributed by atoms with E-state index in [0.717, 1.165) is 5.56 Å². The van der Waals surface area contributed by atoms with Gasteiger partial charge in [0.15, 0.2) is 0 Å². The third-order valence-electron chi connectivity index (χ3n) is 2.70. The van der Waals surface area contributed by atoms with Gasteiger partial charge in [-0.15, -0.1) is 11.8 Å². The molecule has 0 aliphatic carbocycles. The molecule has 0 saturated carbocycles. The third-order valence-corrected chi connectivity index (χ3v) is 3.99. The number of hydrogen-bond acceptors (Lipinski definition) is 3. The van der Waals surface area contributed by atoms with E-state index < -0.39 is 0 Å². The summed E-state index contributed by atoms with van der Waals surface area (Å²) < 4.78 is 0. The zero-order valence-corrected chi connectivity index (χ0v) is 9.83. The fourth-order valence-electron chi connectivity index (χ4n) is 1.92. The lowest BCUT2D eigenvalue weighted by atomic mass is 10.1. The number of fused-ring (bicyclic) bond motifs is 1. The molecule has 0 bridgehead atoms. The summed E-state index contributed by atoms with van der Waals surface area (Å²) in [6.45, 7) is 0. The molecule has 1 atom stereocenters. The van der Waals surface area contributed by atoms with Gasteiger partial charge in [-0.2, -0.15) is 5.10 Å². The fourth-order valence-corrected chi connectivity index (χ4v) is 3.02. The Kier molecular flexibility index (Phi) is 2.60. The van der Waals surface area contributed by atoms with E-state index in [2.05, 4.69) is 27.6 Å². The van der Waals surface area contributed by atoms with Crippen LogP contribution in [0.3, 0.4) is 0 Å². The average Bonchev–Trinajstić information content (AvgIpc) is 2.73. The van der Waals surface area contributed by atoms with E-state index >= 15 is 0 Å². The second kappa shape index (κ2) is 4.25. The number of hydrogen-bond donors (Lipinski definition) is 2. The molecule has 5 heteroatoms. The van der Waals surface area contributed by atoms with E-state index in [1.807, 2.05) is 18.2 Å². The highest BCUT2D eigenvalue weighted by atomic mass is 32.2. The second-order valence-corrected chi connectivity index (χ2v) is 4.94. The van der Waals surface area contributed by atoms with Crippen molar-refractivity contribution in [2.75, 3.05) is 11.1 Å². The van der Waals surface area contributed by atoms with Gasteiger partial charge in [-0.05, 0) is 5.56 Å². The number of H-pyrrole nitrogens is 1. The number of anilines is 1. The topological polar surface area (TPSA) is 57.8 Å². The Morgan fingerprint density at radius 1 is 1.29 bits per heavy atom. The normalized spacial score (nSPS) is 19.3. The van der Waals surface area contributed by atoms with Crippen molar-refractivity contribution in [3.63, 3.8) is 0 Å². The molecule has 0 fully saturated rings. The summed E-state index contributed by atoms with van der Waals surface area (Å²) in [4.78, 5) is 11.5. The van der Waals surface area contributed by atoms with Gasteiger partial charge in [0, 0.05) is 5.56 Å². The van der Waals surface area contributed by atoms with Crippen molar-refractivity contribution >= 4 is 23.5 Å². The second-order valence-electron chi connectivity index (χ2n) is 3.85. The lowest BCUT2D eigenvalue weighted by Gasteiger charge is -2.13. The molecule has 2 N–H and O–H groups in total. The molecule has 2 aromatic rings. The van der Waals surface area contributed by atoms with Crippen molar-refractivity contribution in [1.82, 2.24) is 10.2 Å². The SMILES string of the molecule is O=C1CS[C@H](c2ccccc2)c2cn[nH]c2N1. The molecule has 1 aliphatic rings. The molecule has 1 aromatic heterocycles. The highest BCUT2D eigenvalue weighted by Gasteiger charge is 2.25. The van der Waals surface area contributed by atoms with Crippen molar-refractivity contribution in [1.29, 1.82) is 0 Å². The number of carbonyl (C=O) groups excluding carboxylic acids is 1. The zero-order valence-electron chi connectivity index (χ0n) is 9.01. The van der Waals surface area contributed by atoms with Gasteiger partial charge in [0.25, 0.3) is 0 Å². The Morgan fingerprint density at radius 2 is 2.12 bits per heavy atom. The van der Waals surface area contributed by atoms with Gasteiger partial charge in [-0.3, -0.25) is 9.89 Å². The summed E-state index contributed by atoms with van der Waals surface area (Å²) in [5, 5.41) is 9.82. The lowest BCUT2D eigenvalue weighted by Crippen LogP contribution is -2.12. The minimum atomic E-state index is 0.0129. The molecular formula is C12H11N3OS. The molecule has 2 heterocycles. The van der Waals surface area contributed by atoms with Gasteiger partial charge in [-0.1, -0.05) is 30.3 Å². The quantitative estimate of drug-likeness (QED) is 0.809. The maximum atomic E-state index is 11.5. The summed E-state index contributed by atoms with van der Waals surface area (Å²) in [6, 6.07) is 10.2. The molecule has 0 radical (unpaired) electrons. The smallest absolute Gasteiger partial charge is 0.235 e. The van der Waals surface area contributed by atoms with Crippen molar-refractivity contribution in [3.8, 4) is 0 Å². The first-order valence-electron chi connectivity index (χ1n) is 5.34. The zero-order chi connectivity index (χ0) is 11.7. The summed E-state index contributed by atoms with van der Waals surface area (Å²) in [7, 11) is 0. The monoisotopic (exact) mass is 245 g/mol. The maximum Gasteiger partial charge on any atom is 0.235 e. The van der Waals surface area contributed by atoms with E-state index in [4.69, 9.17) is 0 Å². The van der Waals surface area contributed by atoms with Gasteiger partial charge in [0.1, 0.15) is 5.82 Å². The van der Waals surface area contributed by atoms with Crippen LogP contribution in [0.5, 0.6) is 0 Å². The van der Waals surface area contributed by atoms with Crippen LogP contribution >= 0.6 is 11.8 Å². The van der Waals surface area contributed by atoms with Crippen LogP contribution in [0.1, 0.15) is 16.4 Å². The van der Waals surface area contributed by atoms with Crippen LogP contribution in [0.4, 0.5) is 5.82 Å². The molecule has 1 aliphatic heterocycles. The number of amides is 1. The minimum absolute atomic E-state index is 0.0129. The number of aromatic nitrogens is 2. The predicted octanol–water partition coefficient (Wildman–Crippen LogP) is 2.18. The first-order chi connectivity index (χ1) is 8.34. The number of nitrogens with one attached hydrogen (secondary N) is 2. The Bertz CT molecular complexity index is 538. The number of thioether (sulfide) groups is 1. The fraction of sp³-hybridized carbons (Fsp3) is 0.167. The van der Waals surface area contributed by atoms with E-state index in [1.54, 1.807) is 18.0 Å². The van der Waals surface area contributed by atoms with E-state index in [-0.39, 0.29) is 11.2 Å². The lowest BCUT2D eigenvalue weighted by molar-refractivity contribution is -0.113. The molecule has 0 spiro atoms. The number of aromatic amines is 1. The van der Waals surface area contributed by atoms with Crippen LogP contribution in [0.2, 0.25) is 0 Å². The van der Waals surface area contributed by atoms with Gasteiger partial charge >= 0.3 is 0 Å². The van der Waals surface area contributed by atoms with Crippen LogP contribution in [0.25, 0.3) is 0 Å². The molecule has 0 saturated heterocycles. The van der Waals surface area contributed by atoms with Crippen LogP contribution in [-0.4, -0.2) is 21.9 Å². The average molecular weight is 245 g/mol. The molecular weight excluding hydrogens is 234 g/mol. The van der Waals surface area contributed by atoms with Crippen molar-refractivity contribution in [3.05, 3.63) is 47.7 Å². The largest absolute Gasteiger partial charge is 0.310 e. The van der Waals surface area contributed by atoms with Crippen molar-refractivity contribution < 1.29 is 4.79 Å². The van der Waals surface area contributed by atoms with Crippen LogP contribution in [-0.2, 0) is 4.79 Å². The van der Waals surface area contributed by atoms with Crippen molar-refractivity contribution in [2.24, 2.45) is 0 Å². The van der Waals surface area contributed by atoms with E-state index in [9.17, 15) is 4.79 Å². The Morgan fingerprint density at radius 3 is 2.94 bits per heavy atom. The van der Waals surface area contributed by atoms with Crippen LogP contribution < -0.4 is 5.32 Å². The van der Waals surface area contributed by atoms with E-state index in [1.165, 1.54) is 5.56 Å². The number of rotatable bonds is 1. The number of benzene rings is 1. The predicted molar refractivity (Wildman–Crippen MR) is 68.0 cm³/mol. The highest BCUT2D eigenvalue weighted by molar-refractivity contribution is 8.00. The van der Waals surface area contributed by atoms with Crippen molar-refractivity contribution in [2.45, 2.75) is 5.25 Å². The number of nitrogens with zero attached hydrogens (tertiary/aromatic N) is 1. The third kappa shape index (κ3) is 1.93. The Balaban J connectivity index is 2.04. The number of carbonyl (C=O) groups is 1. The van der Waals surface area contributed by atoms with Gasteiger partial charge < -0.3 is 5.32 Å². The highest BCUT2D eigenvalue weighted by Crippen LogP contribution is 2.40. The molecule has 4 nitrogen and oxygen atoms in total. The molecule has 17 heavy (non-hydrogen) atoms. The van der Waals surface area contributed by atoms with Gasteiger partial charge in [0.2, 0.25) is 5.91 Å². The standard InChI is InChI=1S/C12H11N3OS/c16-10-7-17-11(8-4-2-1-3-5-8)9-6-13-15-12(9)14-10/h1-6,11H,7H2,(H2,13,14,15,16)/t11-/m1/s1.